The van der Waals surface area contributed by atoms with Crippen molar-refractivity contribution in [2.45, 2.75) is 13.8 Å². The summed E-state index contributed by atoms with van der Waals surface area (Å²) in [7, 11) is 1.74. The second-order valence-electron chi connectivity index (χ2n) is 9.01. The number of para-hydroxylation sites is 1. The Labute approximate surface area is 208 Å². The standard InChI is InChI=1S/C26H27N7O3/c1-18-9-10-20(15-19(18)2)23-22(16-32(28-23)21-7-5-4-6-8-21)26(34)31-13-11-30(12-14-31)25-24(33(35)36)27-17-29(25)3/h4-10,15-17H,11-14H2,1-3H3. The molecule has 0 atom stereocenters. The van der Waals surface area contributed by atoms with E-state index in [9.17, 15) is 14.9 Å². The number of piperazine rings is 1. The molecule has 36 heavy (non-hydrogen) atoms. The number of amides is 1. The van der Waals surface area contributed by atoms with E-state index < -0.39 is 4.92 Å². The third-order valence-corrected chi connectivity index (χ3v) is 6.67. The molecule has 184 valence electrons. The number of aromatic nitrogens is 4. The molecule has 10 heteroatoms. The highest BCUT2D eigenvalue weighted by atomic mass is 16.6. The van der Waals surface area contributed by atoms with Crippen molar-refractivity contribution in [1.29, 1.82) is 0 Å². The Morgan fingerprint density at radius 2 is 1.72 bits per heavy atom. The molecule has 1 amide bonds. The van der Waals surface area contributed by atoms with Gasteiger partial charge in [0.1, 0.15) is 5.69 Å². The van der Waals surface area contributed by atoms with E-state index in [-0.39, 0.29) is 11.7 Å². The zero-order chi connectivity index (χ0) is 25.4. The van der Waals surface area contributed by atoms with Gasteiger partial charge in [0.05, 0.1) is 11.3 Å². The molecule has 2 aromatic heterocycles. The number of nitro groups is 1. The van der Waals surface area contributed by atoms with Gasteiger partial charge in [-0.3, -0.25) is 9.36 Å². The van der Waals surface area contributed by atoms with Gasteiger partial charge in [0.2, 0.25) is 12.1 Å². The van der Waals surface area contributed by atoms with Crippen molar-refractivity contribution in [3.05, 3.63) is 87.9 Å². The Morgan fingerprint density at radius 3 is 2.39 bits per heavy atom. The van der Waals surface area contributed by atoms with Crippen LogP contribution in [-0.2, 0) is 7.05 Å². The minimum Gasteiger partial charge on any atom is -0.358 e. The average Bonchev–Trinajstić information content (AvgIpc) is 3.50. The highest BCUT2D eigenvalue weighted by molar-refractivity contribution is 6.00. The molecule has 0 radical (unpaired) electrons. The van der Waals surface area contributed by atoms with E-state index in [1.807, 2.05) is 54.3 Å². The Morgan fingerprint density at radius 1 is 1.00 bits per heavy atom. The van der Waals surface area contributed by atoms with Crippen molar-refractivity contribution >= 4 is 17.5 Å². The number of anilines is 1. The predicted octanol–water partition coefficient (Wildman–Crippen LogP) is 3.76. The number of hydrogen-bond donors (Lipinski definition) is 0. The number of aryl methyl sites for hydroxylation is 3. The summed E-state index contributed by atoms with van der Waals surface area (Å²) >= 11 is 0. The molecule has 10 nitrogen and oxygen atoms in total. The summed E-state index contributed by atoms with van der Waals surface area (Å²) in [5.74, 6) is 0.183. The normalized spacial score (nSPS) is 13.8. The van der Waals surface area contributed by atoms with Crippen molar-refractivity contribution in [2.75, 3.05) is 31.1 Å². The number of benzene rings is 2. The largest absolute Gasteiger partial charge is 0.406 e. The summed E-state index contributed by atoms with van der Waals surface area (Å²) in [4.78, 5) is 32.3. The SMILES string of the molecule is Cc1ccc(-c2nn(-c3ccccc3)cc2C(=O)N2CCN(c3c([N+](=O)[O-])ncn3C)CC2)cc1C. The lowest BCUT2D eigenvalue weighted by atomic mass is 10.0. The summed E-state index contributed by atoms with van der Waals surface area (Å²) in [5, 5.41) is 16.2. The highest BCUT2D eigenvalue weighted by Gasteiger charge is 2.31. The second kappa shape index (κ2) is 9.29. The van der Waals surface area contributed by atoms with Crippen LogP contribution in [0.2, 0.25) is 0 Å². The van der Waals surface area contributed by atoms with Gasteiger partial charge in [-0.25, -0.2) is 4.68 Å². The van der Waals surface area contributed by atoms with Gasteiger partial charge >= 0.3 is 5.82 Å². The summed E-state index contributed by atoms with van der Waals surface area (Å²) < 4.78 is 3.39. The number of nitrogens with zero attached hydrogens (tertiary/aromatic N) is 7. The first-order chi connectivity index (χ1) is 17.3. The van der Waals surface area contributed by atoms with Gasteiger partial charge in [-0.1, -0.05) is 30.3 Å². The maximum atomic E-state index is 13.8. The quantitative estimate of drug-likeness (QED) is 0.315. The molecule has 1 aliphatic heterocycles. The Kier molecular flexibility index (Phi) is 6.01. The van der Waals surface area contributed by atoms with Gasteiger partial charge in [0, 0.05) is 45.0 Å². The van der Waals surface area contributed by atoms with Gasteiger partial charge in [0.15, 0.2) is 0 Å². The molecular weight excluding hydrogens is 458 g/mol. The lowest BCUT2D eigenvalue weighted by molar-refractivity contribution is -0.388. The minimum atomic E-state index is -0.472. The molecule has 1 aliphatic rings. The van der Waals surface area contributed by atoms with Crippen LogP contribution < -0.4 is 4.90 Å². The molecule has 0 N–H and O–H groups in total. The van der Waals surface area contributed by atoms with E-state index in [1.54, 1.807) is 27.4 Å². The molecule has 2 aromatic carbocycles. The summed E-state index contributed by atoms with van der Waals surface area (Å²) in [5.41, 5.74) is 5.23. The average molecular weight is 486 g/mol. The van der Waals surface area contributed by atoms with Crippen LogP contribution >= 0.6 is 0 Å². The zero-order valence-electron chi connectivity index (χ0n) is 20.5. The van der Waals surface area contributed by atoms with E-state index in [2.05, 4.69) is 18.0 Å². The first-order valence-corrected chi connectivity index (χ1v) is 11.8. The molecule has 3 heterocycles. The lowest BCUT2D eigenvalue weighted by Crippen LogP contribution is -2.49. The van der Waals surface area contributed by atoms with E-state index in [1.165, 1.54) is 11.9 Å². The topological polar surface area (TPSA) is 102 Å². The molecule has 0 saturated carbocycles. The van der Waals surface area contributed by atoms with Gasteiger partial charge in [0.25, 0.3) is 5.91 Å². The van der Waals surface area contributed by atoms with E-state index in [4.69, 9.17) is 5.10 Å². The molecule has 0 spiro atoms. The third kappa shape index (κ3) is 4.21. The molecule has 1 fully saturated rings. The number of rotatable bonds is 5. The monoisotopic (exact) mass is 485 g/mol. The van der Waals surface area contributed by atoms with E-state index in [0.29, 0.717) is 43.3 Å². The fourth-order valence-electron chi connectivity index (χ4n) is 4.54. The van der Waals surface area contributed by atoms with Crippen LogP contribution in [0.3, 0.4) is 0 Å². The molecule has 0 unspecified atom stereocenters. The van der Waals surface area contributed by atoms with Crippen LogP contribution in [0.25, 0.3) is 16.9 Å². The molecule has 0 bridgehead atoms. The van der Waals surface area contributed by atoms with Gasteiger partial charge in [-0.05, 0) is 53.1 Å². The molecule has 5 rings (SSSR count). The van der Waals surface area contributed by atoms with Crippen LogP contribution in [0.5, 0.6) is 0 Å². The lowest BCUT2D eigenvalue weighted by Gasteiger charge is -2.35. The zero-order valence-corrected chi connectivity index (χ0v) is 20.5. The van der Waals surface area contributed by atoms with Crippen LogP contribution in [0, 0.1) is 24.0 Å². The predicted molar refractivity (Wildman–Crippen MR) is 136 cm³/mol. The molecule has 4 aromatic rings. The summed E-state index contributed by atoms with van der Waals surface area (Å²) in [6.07, 6.45) is 3.24. The van der Waals surface area contributed by atoms with Crippen molar-refractivity contribution in [2.24, 2.45) is 7.05 Å². The molecule has 0 aliphatic carbocycles. The Hall–Kier alpha value is -4.47. The van der Waals surface area contributed by atoms with E-state index in [0.717, 1.165) is 16.8 Å². The van der Waals surface area contributed by atoms with Crippen molar-refractivity contribution < 1.29 is 9.72 Å². The van der Waals surface area contributed by atoms with Crippen LogP contribution in [0.4, 0.5) is 11.6 Å². The maximum Gasteiger partial charge on any atom is 0.406 e. The summed E-state index contributed by atoms with van der Waals surface area (Å²) in [6.45, 7) is 5.91. The fourth-order valence-corrected chi connectivity index (χ4v) is 4.54. The van der Waals surface area contributed by atoms with Crippen molar-refractivity contribution in [1.82, 2.24) is 24.2 Å². The highest BCUT2D eigenvalue weighted by Crippen LogP contribution is 2.29. The first kappa shape index (κ1) is 23.3. The molecular formula is C26H27N7O3. The van der Waals surface area contributed by atoms with Crippen molar-refractivity contribution in [3.63, 3.8) is 0 Å². The van der Waals surface area contributed by atoms with Crippen LogP contribution in [0.1, 0.15) is 21.5 Å². The van der Waals surface area contributed by atoms with Gasteiger partial charge in [-0.15, -0.1) is 0 Å². The smallest absolute Gasteiger partial charge is 0.358 e. The van der Waals surface area contributed by atoms with Gasteiger partial charge < -0.3 is 19.9 Å². The number of carbonyl (C=O) groups excluding carboxylic acids is 1. The fraction of sp³-hybridized carbons (Fsp3) is 0.269. The van der Waals surface area contributed by atoms with Crippen molar-refractivity contribution in [3.8, 4) is 16.9 Å². The third-order valence-electron chi connectivity index (χ3n) is 6.67. The Balaban J connectivity index is 1.44. The maximum absolute atomic E-state index is 13.8. The summed E-state index contributed by atoms with van der Waals surface area (Å²) in [6, 6.07) is 15.8. The first-order valence-electron chi connectivity index (χ1n) is 11.8. The van der Waals surface area contributed by atoms with Crippen LogP contribution in [-0.4, -0.2) is 61.2 Å². The molecule has 1 saturated heterocycles. The second-order valence-corrected chi connectivity index (χ2v) is 9.01. The number of imidazole rings is 1. The minimum absolute atomic E-state index is 0.107. The van der Waals surface area contributed by atoms with Crippen LogP contribution in [0.15, 0.2) is 61.1 Å². The Bertz CT molecular complexity index is 1430. The van der Waals surface area contributed by atoms with Gasteiger partial charge in [-0.2, -0.15) is 5.10 Å². The van der Waals surface area contributed by atoms with E-state index >= 15 is 0 Å². The number of hydrogen-bond acceptors (Lipinski definition) is 6. The number of carbonyl (C=O) groups is 1.